The summed E-state index contributed by atoms with van der Waals surface area (Å²) in [5.41, 5.74) is 0.546. The normalized spacial score (nSPS) is 21.2. The highest BCUT2D eigenvalue weighted by molar-refractivity contribution is 5.78. The smallest absolute Gasteiger partial charge is 0.258 e. The Bertz CT molecular complexity index is 812. The van der Waals surface area contributed by atoms with E-state index in [2.05, 4.69) is 14.9 Å². The summed E-state index contributed by atoms with van der Waals surface area (Å²) in [7, 11) is 0. The molecule has 3 heterocycles. The molecular weight excluding hydrogens is 304 g/mol. The zero-order chi connectivity index (χ0) is 16.5. The Kier molecular flexibility index (Phi) is 4.06. The average molecular weight is 326 g/mol. The topological polar surface area (TPSA) is 69.3 Å². The molecule has 1 unspecified atom stereocenters. The highest BCUT2D eigenvalue weighted by Crippen LogP contribution is 2.21. The van der Waals surface area contributed by atoms with Crippen molar-refractivity contribution in [1.82, 2.24) is 19.8 Å². The van der Waals surface area contributed by atoms with E-state index < -0.39 is 0 Å². The van der Waals surface area contributed by atoms with Crippen LogP contribution in [0.15, 0.2) is 29.1 Å². The SMILES string of the molecule is O=C(CCc1nc2ccccc2c(=O)[nH]1)N1CCC(N2CCC2)C1. The number of carbonyl (C=O) groups excluding carboxylic acids is 1. The molecule has 2 aliphatic heterocycles. The van der Waals surface area contributed by atoms with Crippen molar-refractivity contribution in [1.29, 1.82) is 0 Å². The number of fused-ring (bicyclic) bond motifs is 1. The number of hydrogen-bond donors (Lipinski definition) is 1. The van der Waals surface area contributed by atoms with E-state index in [0.29, 0.717) is 35.6 Å². The van der Waals surface area contributed by atoms with Crippen LogP contribution in [-0.4, -0.2) is 57.9 Å². The predicted molar refractivity (Wildman–Crippen MR) is 91.9 cm³/mol. The fourth-order valence-electron chi connectivity index (χ4n) is 3.61. The van der Waals surface area contributed by atoms with Gasteiger partial charge in [0.1, 0.15) is 5.82 Å². The van der Waals surface area contributed by atoms with Crippen LogP contribution in [0.4, 0.5) is 0 Å². The predicted octanol–water partition coefficient (Wildman–Crippen LogP) is 1.16. The molecule has 2 aromatic rings. The summed E-state index contributed by atoms with van der Waals surface area (Å²) in [6.07, 6.45) is 3.24. The lowest BCUT2D eigenvalue weighted by molar-refractivity contribution is -0.130. The van der Waals surface area contributed by atoms with Crippen molar-refractivity contribution in [2.24, 2.45) is 0 Å². The quantitative estimate of drug-likeness (QED) is 0.915. The summed E-state index contributed by atoms with van der Waals surface area (Å²) in [6.45, 7) is 4.05. The van der Waals surface area contributed by atoms with E-state index in [1.54, 1.807) is 6.07 Å². The molecule has 2 fully saturated rings. The lowest BCUT2D eigenvalue weighted by atomic mass is 10.1. The number of para-hydroxylation sites is 1. The van der Waals surface area contributed by atoms with Crippen LogP contribution in [0.5, 0.6) is 0 Å². The fourth-order valence-corrected chi connectivity index (χ4v) is 3.61. The second-order valence-electron chi connectivity index (χ2n) is 6.70. The van der Waals surface area contributed by atoms with Crippen molar-refractivity contribution in [3.8, 4) is 0 Å². The minimum Gasteiger partial charge on any atom is -0.341 e. The number of aryl methyl sites for hydroxylation is 1. The fraction of sp³-hybridized carbons (Fsp3) is 0.500. The first-order chi connectivity index (χ1) is 11.7. The summed E-state index contributed by atoms with van der Waals surface area (Å²) < 4.78 is 0. The maximum Gasteiger partial charge on any atom is 0.258 e. The van der Waals surface area contributed by atoms with Crippen molar-refractivity contribution in [3.63, 3.8) is 0 Å². The van der Waals surface area contributed by atoms with Crippen molar-refractivity contribution >= 4 is 16.8 Å². The van der Waals surface area contributed by atoms with Crippen molar-refractivity contribution < 1.29 is 4.79 Å². The van der Waals surface area contributed by atoms with Gasteiger partial charge in [-0.3, -0.25) is 14.5 Å². The standard InChI is InChI=1S/C18H22N4O2/c23-17(22-11-8-13(12-22)21-9-3-10-21)7-6-16-19-15-5-2-1-4-14(15)18(24)20-16/h1-2,4-5,13H,3,6-12H2,(H,19,20,24). The van der Waals surface area contributed by atoms with Gasteiger partial charge in [-0.15, -0.1) is 0 Å². The van der Waals surface area contributed by atoms with Crippen LogP contribution in [0, 0.1) is 0 Å². The minimum atomic E-state index is -0.137. The number of aromatic nitrogens is 2. The number of H-pyrrole nitrogens is 1. The number of benzene rings is 1. The second-order valence-corrected chi connectivity index (χ2v) is 6.70. The van der Waals surface area contributed by atoms with Gasteiger partial charge in [-0.2, -0.15) is 0 Å². The third-order valence-electron chi connectivity index (χ3n) is 5.16. The average Bonchev–Trinajstić information content (AvgIpc) is 3.00. The number of carbonyl (C=O) groups is 1. The molecule has 24 heavy (non-hydrogen) atoms. The van der Waals surface area contributed by atoms with Crippen LogP contribution >= 0.6 is 0 Å². The molecule has 0 bridgehead atoms. The first-order valence-electron chi connectivity index (χ1n) is 8.70. The van der Waals surface area contributed by atoms with Gasteiger partial charge in [0.2, 0.25) is 5.91 Å². The molecular formula is C18H22N4O2. The van der Waals surface area contributed by atoms with Crippen LogP contribution in [0.2, 0.25) is 0 Å². The van der Waals surface area contributed by atoms with Crippen molar-refractivity contribution in [2.75, 3.05) is 26.2 Å². The Balaban J connectivity index is 1.38. The summed E-state index contributed by atoms with van der Waals surface area (Å²) in [5.74, 6) is 0.749. The van der Waals surface area contributed by atoms with Gasteiger partial charge in [0.05, 0.1) is 10.9 Å². The van der Waals surface area contributed by atoms with Crippen molar-refractivity contribution in [3.05, 3.63) is 40.4 Å². The maximum atomic E-state index is 12.4. The van der Waals surface area contributed by atoms with Crippen LogP contribution in [0.1, 0.15) is 25.1 Å². The molecule has 6 heteroatoms. The molecule has 6 nitrogen and oxygen atoms in total. The number of amides is 1. The van der Waals surface area contributed by atoms with E-state index in [0.717, 1.165) is 19.5 Å². The van der Waals surface area contributed by atoms with Crippen molar-refractivity contribution in [2.45, 2.75) is 31.7 Å². The van der Waals surface area contributed by atoms with Crippen LogP contribution in [0.25, 0.3) is 10.9 Å². The first-order valence-corrected chi connectivity index (χ1v) is 8.70. The lowest BCUT2D eigenvalue weighted by Crippen LogP contribution is -2.46. The summed E-state index contributed by atoms with van der Waals surface area (Å²) in [6, 6.07) is 7.82. The molecule has 2 saturated heterocycles. The highest BCUT2D eigenvalue weighted by Gasteiger charge is 2.32. The number of rotatable bonds is 4. The largest absolute Gasteiger partial charge is 0.341 e. The summed E-state index contributed by atoms with van der Waals surface area (Å²) >= 11 is 0. The Hall–Kier alpha value is -2.21. The molecule has 1 amide bonds. The van der Waals surface area contributed by atoms with Gasteiger partial charge in [0.15, 0.2) is 0 Å². The van der Waals surface area contributed by atoms with Crippen LogP contribution in [0.3, 0.4) is 0 Å². The molecule has 1 aromatic carbocycles. The van der Waals surface area contributed by atoms with E-state index in [4.69, 9.17) is 0 Å². The number of aromatic amines is 1. The maximum absolute atomic E-state index is 12.4. The number of hydrogen-bond acceptors (Lipinski definition) is 4. The zero-order valence-electron chi connectivity index (χ0n) is 13.7. The molecule has 1 N–H and O–H groups in total. The highest BCUT2D eigenvalue weighted by atomic mass is 16.2. The van der Waals surface area contributed by atoms with Gasteiger partial charge >= 0.3 is 0 Å². The molecule has 4 rings (SSSR count). The van der Waals surface area contributed by atoms with Gasteiger partial charge < -0.3 is 9.88 Å². The zero-order valence-corrected chi connectivity index (χ0v) is 13.7. The first kappa shape index (κ1) is 15.3. The van der Waals surface area contributed by atoms with Gasteiger partial charge in [-0.1, -0.05) is 12.1 Å². The molecule has 0 aliphatic carbocycles. The summed E-state index contributed by atoms with van der Waals surface area (Å²) in [4.78, 5) is 36.2. The number of nitrogens with one attached hydrogen (secondary N) is 1. The third kappa shape index (κ3) is 2.94. The Morgan fingerprint density at radius 2 is 2.08 bits per heavy atom. The monoisotopic (exact) mass is 326 g/mol. The molecule has 2 aliphatic rings. The molecule has 1 atom stereocenters. The molecule has 1 aromatic heterocycles. The van der Waals surface area contributed by atoms with E-state index in [9.17, 15) is 9.59 Å². The van der Waals surface area contributed by atoms with Gasteiger partial charge in [-0.25, -0.2) is 4.98 Å². The molecule has 0 saturated carbocycles. The van der Waals surface area contributed by atoms with Gasteiger partial charge in [0.25, 0.3) is 5.56 Å². The van der Waals surface area contributed by atoms with E-state index in [1.807, 2.05) is 23.1 Å². The Morgan fingerprint density at radius 3 is 2.88 bits per heavy atom. The van der Waals surface area contributed by atoms with Crippen LogP contribution < -0.4 is 5.56 Å². The number of nitrogens with zero attached hydrogens (tertiary/aromatic N) is 3. The van der Waals surface area contributed by atoms with E-state index in [-0.39, 0.29) is 11.5 Å². The van der Waals surface area contributed by atoms with Crippen LogP contribution in [-0.2, 0) is 11.2 Å². The minimum absolute atomic E-state index is 0.137. The Morgan fingerprint density at radius 1 is 1.25 bits per heavy atom. The lowest BCUT2D eigenvalue weighted by Gasteiger charge is -2.36. The number of likely N-dealkylation sites (tertiary alicyclic amines) is 2. The Labute approximate surface area is 140 Å². The summed E-state index contributed by atoms with van der Waals surface area (Å²) in [5, 5.41) is 0.588. The molecule has 0 radical (unpaired) electrons. The van der Waals surface area contributed by atoms with E-state index >= 15 is 0 Å². The van der Waals surface area contributed by atoms with Gasteiger partial charge in [0, 0.05) is 32.0 Å². The van der Waals surface area contributed by atoms with E-state index in [1.165, 1.54) is 19.5 Å². The third-order valence-corrected chi connectivity index (χ3v) is 5.16. The molecule has 0 spiro atoms. The van der Waals surface area contributed by atoms with Gasteiger partial charge in [-0.05, 0) is 38.1 Å². The molecule has 126 valence electrons. The second kappa shape index (κ2) is 6.36.